The molecule has 3 aromatic rings. The molecule has 0 radical (unpaired) electrons. The first-order valence-electron chi connectivity index (χ1n) is 16.0. The minimum absolute atomic E-state index is 0.0971. The van der Waals surface area contributed by atoms with E-state index in [1.54, 1.807) is 51.0 Å². The van der Waals surface area contributed by atoms with E-state index in [4.69, 9.17) is 23.3 Å². The first-order chi connectivity index (χ1) is 23.1. The third kappa shape index (κ3) is 9.42. The molecule has 2 aromatic heterocycles. The van der Waals surface area contributed by atoms with Gasteiger partial charge in [-0.3, -0.25) is 19.2 Å². The Hall–Kier alpha value is -3.89. The Morgan fingerprint density at radius 3 is 2.55 bits per heavy atom. The largest absolute Gasteiger partial charge is 0.462 e. The summed E-state index contributed by atoms with van der Waals surface area (Å²) in [5.74, 6) is -0.333. The van der Waals surface area contributed by atoms with E-state index >= 15 is 4.39 Å². The number of halogens is 1. The van der Waals surface area contributed by atoms with Crippen LogP contribution < -0.4 is 19.8 Å². The van der Waals surface area contributed by atoms with Crippen molar-refractivity contribution in [1.82, 2.24) is 24.6 Å². The zero-order valence-corrected chi connectivity index (χ0v) is 29.6. The van der Waals surface area contributed by atoms with Crippen LogP contribution in [0.4, 0.5) is 21.0 Å². The quantitative estimate of drug-likeness (QED) is 0.105. The summed E-state index contributed by atoms with van der Waals surface area (Å²) in [5, 5.41) is 16.2. The van der Waals surface area contributed by atoms with Crippen LogP contribution in [-0.2, 0) is 28.1 Å². The highest BCUT2D eigenvalue weighted by atomic mass is 31.2. The van der Waals surface area contributed by atoms with Gasteiger partial charge in [0, 0.05) is 14.1 Å². The molecule has 0 spiro atoms. The molecule has 1 saturated heterocycles. The second-order valence-electron chi connectivity index (χ2n) is 12.2. The van der Waals surface area contributed by atoms with Gasteiger partial charge in [-0.15, -0.1) is 0 Å². The molecule has 3 heterocycles. The molecule has 0 unspecified atom stereocenters. The maximum Gasteiger partial charge on any atom is 0.459 e. The zero-order valence-electron chi connectivity index (χ0n) is 28.7. The van der Waals surface area contributed by atoms with Crippen LogP contribution in [0.2, 0.25) is 0 Å². The van der Waals surface area contributed by atoms with Crippen LogP contribution in [0.15, 0.2) is 36.7 Å². The van der Waals surface area contributed by atoms with Crippen molar-refractivity contribution in [2.45, 2.75) is 90.1 Å². The monoisotopic (exact) mass is 709 g/mol. The Balaban J connectivity index is 1.57. The zero-order chi connectivity index (χ0) is 35.9. The number of nitrogens with one attached hydrogen (secondary N) is 2. The second-order valence-corrected chi connectivity index (χ2v) is 13.9. The van der Waals surface area contributed by atoms with Gasteiger partial charge in [0.1, 0.15) is 24.0 Å². The topological polar surface area (TPSA) is 188 Å². The van der Waals surface area contributed by atoms with Gasteiger partial charge in [0.15, 0.2) is 28.9 Å². The van der Waals surface area contributed by atoms with Gasteiger partial charge in [-0.2, -0.15) is 15.1 Å². The number of amides is 1. The van der Waals surface area contributed by atoms with Crippen molar-refractivity contribution in [2.24, 2.45) is 0 Å². The normalized spacial score (nSPS) is 22.4. The van der Waals surface area contributed by atoms with Gasteiger partial charge in [-0.1, -0.05) is 38.0 Å². The van der Waals surface area contributed by atoms with Crippen molar-refractivity contribution in [3.63, 3.8) is 0 Å². The first-order valence-corrected chi connectivity index (χ1v) is 17.5. The maximum atomic E-state index is 16.4. The lowest BCUT2D eigenvalue weighted by atomic mass is 9.98. The maximum absolute atomic E-state index is 16.4. The number of alkyl halides is 1. The number of esters is 1. The number of aliphatic hydroxyl groups excluding tert-OH is 1. The summed E-state index contributed by atoms with van der Waals surface area (Å²) in [5.41, 5.74) is -2.07. The smallest absolute Gasteiger partial charge is 0.459 e. The summed E-state index contributed by atoms with van der Waals surface area (Å²) in [6.07, 6.45) is -1.98. The third-order valence-corrected chi connectivity index (χ3v) is 9.07. The number of anilines is 2. The molecule has 0 bridgehead atoms. The van der Waals surface area contributed by atoms with Crippen molar-refractivity contribution < 1.29 is 46.9 Å². The Morgan fingerprint density at radius 1 is 1.18 bits per heavy atom. The molecular weight excluding hydrogens is 664 g/mol. The van der Waals surface area contributed by atoms with Crippen molar-refractivity contribution in [3.05, 3.63) is 36.7 Å². The number of aliphatic hydroxyl groups is 1. The van der Waals surface area contributed by atoms with Crippen LogP contribution in [-0.4, -0.2) is 94.0 Å². The Morgan fingerprint density at radius 2 is 1.90 bits per heavy atom. The first kappa shape index (κ1) is 37.9. The summed E-state index contributed by atoms with van der Waals surface area (Å²) in [4.78, 5) is 39.7. The van der Waals surface area contributed by atoms with Gasteiger partial charge in [-0.25, -0.2) is 18.7 Å². The number of nitrogens with zero attached hydrogens (tertiary/aromatic N) is 5. The molecule has 1 aliphatic rings. The predicted octanol–water partition coefficient (Wildman–Crippen LogP) is 4.75. The number of carbonyl (C=O) groups is 2. The Labute approximate surface area is 284 Å². The molecular formula is C31H45FN7O9P. The van der Waals surface area contributed by atoms with Gasteiger partial charge >= 0.3 is 19.8 Å². The molecule has 1 fully saturated rings. The second kappa shape index (κ2) is 16.2. The number of rotatable bonds is 16. The molecule has 0 aliphatic carbocycles. The van der Waals surface area contributed by atoms with Crippen LogP contribution in [0.3, 0.4) is 0 Å². The van der Waals surface area contributed by atoms with Gasteiger partial charge in [0.2, 0.25) is 5.95 Å². The number of benzene rings is 1. The highest BCUT2D eigenvalue weighted by Gasteiger charge is 2.56. The van der Waals surface area contributed by atoms with E-state index in [2.05, 4.69) is 25.4 Å². The van der Waals surface area contributed by atoms with Crippen LogP contribution in [0.1, 0.15) is 60.1 Å². The van der Waals surface area contributed by atoms with Crippen LogP contribution in [0, 0.1) is 0 Å². The van der Waals surface area contributed by atoms with Gasteiger partial charge in [-0.05, 0) is 46.2 Å². The van der Waals surface area contributed by atoms with E-state index in [1.807, 2.05) is 6.92 Å². The third-order valence-electron chi connectivity index (χ3n) is 7.43. The van der Waals surface area contributed by atoms with Crippen molar-refractivity contribution in [1.29, 1.82) is 0 Å². The fourth-order valence-corrected chi connectivity index (χ4v) is 6.44. The number of carbonyl (C=O) groups excluding carboxylic acids is 2. The minimum atomic E-state index is -4.35. The van der Waals surface area contributed by atoms with E-state index in [-0.39, 0.29) is 29.5 Å². The van der Waals surface area contributed by atoms with Crippen molar-refractivity contribution >= 4 is 42.7 Å². The van der Waals surface area contributed by atoms with Crippen molar-refractivity contribution in [3.8, 4) is 5.75 Å². The van der Waals surface area contributed by atoms with Crippen LogP contribution in [0.25, 0.3) is 11.2 Å². The molecule has 270 valence electrons. The summed E-state index contributed by atoms with van der Waals surface area (Å²) in [7, 11) is -0.923. The Bertz CT molecular complexity index is 1630. The molecule has 6 atom stereocenters. The average molecular weight is 710 g/mol. The molecule has 4 rings (SSSR count). The number of fused-ring (bicyclic) bond motifs is 1. The van der Waals surface area contributed by atoms with E-state index in [0.717, 1.165) is 19.8 Å². The predicted molar refractivity (Wildman–Crippen MR) is 178 cm³/mol. The molecule has 49 heavy (non-hydrogen) atoms. The summed E-state index contributed by atoms with van der Waals surface area (Å²) < 4.78 is 59.3. The SMILES string of the molecule is CCCCCOC(=O)Nc1nc(N(C)C)c2ncn([C@@H]3O[C@H](CO[P@@](=O)(N[C@@H](C)C(=O)OC(C)C)Oc4ccccc4)[C@@H](O)[C@@]3(C)F)c2n1. The van der Waals surface area contributed by atoms with Crippen molar-refractivity contribution in [2.75, 3.05) is 37.5 Å². The molecule has 1 amide bonds. The molecule has 3 N–H and O–H groups in total. The summed E-state index contributed by atoms with van der Waals surface area (Å²) >= 11 is 0. The lowest BCUT2D eigenvalue weighted by Gasteiger charge is -2.25. The number of hydrogen-bond acceptors (Lipinski definition) is 13. The minimum Gasteiger partial charge on any atom is -0.462 e. The fraction of sp³-hybridized carbons (Fsp3) is 0.581. The van der Waals surface area contributed by atoms with Crippen LogP contribution in [0.5, 0.6) is 5.75 Å². The summed E-state index contributed by atoms with van der Waals surface area (Å²) in [6.45, 7) is 7.54. The molecule has 0 saturated carbocycles. The highest BCUT2D eigenvalue weighted by Crippen LogP contribution is 2.48. The van der Waals surface area contributed by atoms with Gasteiger partial charge in [0.25, 0.3) is 0 Å². The average Bonchev–Trinajstić information content (AvgIpc) is 3.54. The molecule has 1 aliphatic heterocycles. The van der Waals surface area contributed by atoms with Gasteiger partial charge in [0.05, 0.1) is 25.6 Å². The number of aromatic nitrogens is 4. The van der Waals surface area contributed by atoms with E-state index in [0.29, 0.717) is 12.2 Å². The molecule has 1 aromatic carbocycles. The molecule has 18 heteroatoms. The standard InChI is InChI=1S/C31H45FN7O9P/c1-8-9-13-16-44-30(42)36-29-34-25(38(6)7)23-26(35-29)39(18-33-23)28-31(5,32)24(40)22(47-28)17-45-49(43,48-21-14-11-10-12-15-21)37-20(4)27(41)46-19(2)3/h10-12,14-15,18-20,22,24,28,40H,8-9,13,16-17H2,1-7H3,(H,37,43)(H,34,35,36,42)/t20-,22+,24+,28+,31+,49-/m0/s1. The Kier molecular flexibility index (Phi) is 12.5. The number of imidazole rings is 1. The number of unbranched alkanes of at least 4 members (excludes halogenated alkanes) is 2. The van der Waals surface area contributed by atoms with Crippen LogP contribution >= 0.6 is 7.75 Å². The van der Waals surface area contributed by atoms with E-state index < -0.39 is 62.7 Å². The lowest BCUT2D eigenvalue weighted by Crippen LogP contribution is -2.41. The summed E-state index contributed by atoms with van der Waals surface area (Å²) in [6, 6.07) is 6.98. The van der Waals surface area contributed by atoms with E-state index in [1.165, 1.54) is 30.0 Å². The number of hydrogen-bond donors (Lipinski definition) is 3. The highest BCUT2D eigenvalue weighted by molar-refractivity contribution is 7.52. The fourth-order valence-electron chi connectivity index (χ4n) is 4.94. The number of ether oxygens (including phenoxy) is 3. The number of para-hydroxylation sites is 1. The lowest BCUT2D eigenvalue weighted by molar-refractivity contribution is -0.149. The van der Waals surface area contributed by atoms with Gasteiger partial charge < -0.3 is 28.7 Å². The molecule has 16 nitrogen and oxygen atoms in total. The van der Waals surface area contributed by atoms with E-state index in [9.17, 15) is 19.3 Å².